The molecule has 1 N–H and O–H groups in total. The van der Waals surface area contributed by atoms with Crippen LogP contribution in [0.3, 0.4) is 0 Å². The molecule has 0 amide bonds. The predicted molar refractivity (Wildman–Crippen MR) is 94.2 cm³/mol. The van der Waals surface area contributed by atoms with E-state index in [-0.39, 0.29) is 16.9 Å². The molecule has 3 saturated carbocycles. The Balaban J connectivity index is 1.67. The van der Waals surface area contributed by atoms with Crippen molar-refractivity contribution in [2.45, 2.75) is 71.8 Å². The molecule has 138 valence electrons. The molecule has 0 bridgehead atoms. The van der Waals surface area contributed by atoms with Crippen LogP contribution in [0.15, 0.2) is 11.6 Å². The largest absolute Gasteiger partial charge is 0.506 e. The van der Waals surface area contributed by atoms with Crippen LogP contribution in [0.2, 0.25) is 0 Å². The van der Waals surface area contributed by atoms with Crippen LogP contribution in [0, 0.1) is 34.5 Å². The lowest BCUT2D eigenvalue weighted by atomic mass is 9.45. The number of fused-ring (bicyclic) bond motifs is 5. The van der Waals surface area contributed by atoms with E-state index in [0.29, 0.717) is 35.9 Å². The van der Waals surface area contributed by atoms with Gasteiger partial charge >= 0.3 is 6.16 Å². The van der Waals surface area contributed by atoms with Gasteiger partial charge in [0.05, 0.1) is 0 Å². The molecular weight excluding hydrogens is 316 g/mol. The molecule has 0 aromatic carbocycles. The lowest BCUT2D eigenvalue weighted by molar-refractivity contribution is -0.120. The number of carbonyl (C=O) groups is 2. The van der Waals surface area contributed by atoms with Crippen molar-refractivity contribution in [3.05, 3.63) is 11.6 Å². The molecule has 25 heavy (non-hydrogen) atoms. The van der Waals surface area contributed by atoms with E-state index in [4.69, 9.17) is 9.84 Å². The summed E-state index contributed by atoms with van der Waals surface area (Å²) in [5.74, 6) is 2.65. The van der Waals surface area contributed by atoms with Crippen molar-refractivity contribution in [2.24, 2.45) is 34.5 Å². The van der Waals surface area contributed by atoms with Gasteiger partial charge in [-0.25, -0.2) is 4.79 Å². The first-order chi connectivity index (χ1) is 11.8. The third-order valence-corrected chi connectivity index (χ3v) is 8.47. The number of allylic oxidation sites excluding steroid dienone is 1. The first kappa shape index (κ1) is 17.1. The molecule has 4 aliphatic rings. The van der Waals surface area contributed by atoms with Crippen molar-refractivity contribution >= 4 is 11.9 Å². The van der Waals surface area contributed by atoms with Crippen LogP contribution in [0.25, 0.3) is 0 Å². The summed E-state index contributed by atoms with van der Waals surface area (Å²) in [4.78, 5) is 23.1. The van der Waals surface area contributed by atoms with E-state index in [9.17, 15) is 9.59 Å². The molecular formula is C21H30O4. The van der Waals surface area contributed by atoms with E-state index >= 15 is 0 Å². The highest BCUT2D eigenvalue weighted by molar-refractivity contribution is 5.91. The van der Waals surface area contributed by atoms with Gasteiger partial charge < -0.3 is 9.84 Å². The van der Waals surface area contributed by atoms with Crippen LogP contribution in [0.5, 0.6) is 0 Å². The molecule has 4 aliphatic carbocycles. The predicted octanol–water partition coefficient (Wildman–Crippen LogP) is 4.83. The Labute approximate surface area is 150 Å². The molecule has 0 spiro atoms. The van der Waals surface area contributed by atoms with Gasteiger partial charge in [-0.15, -0.1) is 0 Å². The van der Waals surface area contributed by atoms with Gasteiger partial charge in [0.15, 0.2) is 5.78 Å². The number of ether oxygens (including phenoxy) is 1. The molecule has 4 heteroatoms. The fourth-order valence-electron chi connectivity index (χ4n) is 7.17. The quantitative estimate of drug-likeness (QED) is 0.691. The minimum atomic E-state index is -1.13. The van der Waals surface area contributed by atoms with E-state index in [1.165, 1.54) is 5.57 Å². The van der Waals surface area contributed by atoms with Crippen molar-refractivity contribution in [1.29, 1.82) is 0 Å². The van der Waals surface area contributed by atoms with E-state index in [1.807, 2.05) is 6.08 Å². The average molecular weight is 346 g/mol. The molecule has 0 aromatic rings. The molecule has 0 radical (unpaired) electrons. The van der Waals surface area contributed by atoms with E-state index < -0.39 is 6.16 Å². The van der Waals surface area contributed by atoms with Gasteiger partial charge in [-0.1, -0.05) is 26.3 Å². The number of ketones is 1. The van der Waals surface area contributed by atoms with Gasteiger partial charge in [-0.2, -0.15) is 0 Å². The zero-order valence-corrected chi connectivity index (χ0v) is 15.6. The third kappa shape index (κ3) is 2.39. The molecule has 0 saturated heterocycles. The summed E-state index contributed by atoms with van der Waals surface area (Å²) >= 11 is 0. The number of carboxylic acid groups (broad SMARTS) is 1. The number of hydrogen-bond donors (Lipinski definition) is 1. The van der Waals surface area contributed by atoms with Gasteiger partial charge in [0.25, 0.3) is 0 Å². The molecule has 0 aliphatic heterocycles. The standard InChI is InChI=1S/C21H30O4/c1-12-10-13-11-14(22)6-8-20(13,2)16-7-9-21(3)15(18(12)16)4-5-17(21)25-19(23)24/h11-12,15-18H,4-10H2,1-3H3,(H,23,24)/t12-,15?,16?,17-,18?,20-,21-/m0/s1. The molecule has 3 unspecified atom stereocenters. The van der Waals surface area contributed by atoms with Crippen molar-refractivity contribution in [1.82, 2.24) is 0 Å². The average Bonchev–Trinajstić information content (AvgIpc) is 2.85. The van der Waals surface area contributed by atoms with Crippen LogP contribution in [-0.4, -0.2) is 23.1 Å². The van der Waals surface area contributed by atoms with Gasteiger partial charge in [-0.05, 0) is 73.7 Å². The molecule has 7 atom stereocenters. The second-order valence-corrected chi connectivity index (χ2v) is 9.52. The summed E-state index contributed by atoms with van der Waals surface area (Å²) in [6, 6.07) is 0. The summed E-state index contributed by atoms with van der Waals surface area (Å²) in [7, 11) is 0. The zero-order chi connectivity index (χ0) is 18.0. The summed E-state index contributed by atoms with van der Waals surface area (Å²) in [6.45, 7) is 6.99. The Hall–Kier alpha value is -1.32. The van der Waals surface area contributed by atoms with Gasteiger partial charge in [0.1, 0.15) is 6.10 Å². The SMILES string of the molecule is C[C@H]1CC2=CC(=O)CC[C@]2(C)C2CC[C@@]3(C)C(CC[C@@H]3OC(=O)O)C21. The minimum Gasteiger partial charge on any atom is -0.450 e. The van der Waals surface area contributed by atoms with Crippen LogP contribution in [-0.2, 0) is 9.53 Å². The number of hydrogen-bond acceptors (Lipinski definition) is 3. The lowest BCUT2D eigenvalue weighted by Gasteiger charge is -2.59. The van der Waals surface area contributed by atoms with Gasteiger partial charge in [0, 0.05) is 11.8 Å². The van der Waals surface area contributed by atoms with Crippen LogP contribution >= 0.6 is 0 Å². The molecule has 4 nitrogen and oxygen atoms in total. The van der Waals surface area contributed by atoms with Crippen LogP contribution in [0.4, 0.5) is 4.79 Å². The Morgan fingerprint density at radius 2 is 1.96 bits per heavy atom. The topological polar surface area (TPSA) is 63.6 Å². The van der Waals surface area contributed by atoms with Gasteiger partial charge in [0.2, 0.25) is 0 Å². The van der Waals surface area contributed by atoms with Crippen molar-refractivity contribution in [3.63, 3.8) is 0 Å². The van der Waals surface area contributed by atoms with Crippen LogP contribution in [0.1, 0.15) is 65.7 Å². The molecule has 0 heterocycles. The highest BCUT2D eigenvalue weighted by Crippen LogP contribution is 2.66. The Morgan fingerprint density at radius 1 is 1.20 bits per heavy atom. The van der Waals surface area contributed by atoms with E-state index in [2.05, 4.69) is 20.8 Å². The van der Waals surface area contributed by atoms with E-state index in [1.54, 1.807) is 0 Å². The van der Waals surface area contributed by atoms with Crippen molar-refractivity contribution in [3.8, 4) is 0 Å². The highest BCUT2D eigenvalue weighted by Gasteiger charge is 2.61. The summed E-state index contributed by atoms with van der Waals surface area (Å²) in [5, 5.41) is 9.12. The summed E-state index contributed by atoms with van der Waals surface area (Å²) in [6.07, 6.45) is 7.48. The number of carbonyl (C=O) groups excluding carboxylic acids is 1. The lowest BCUT2D eigenvalue weighted by Crippen LogP contribution is -2.54. The Kier molecular flexibility index (Phi) is 3.82. The first-order valence-electron chi connectivity index (χ1n) is 9.89. The maximum Gasteiger partial charge on any atom is 0.506 e. The van der Waals surface area contributed by atoms with Crippen LogP contribution < -0.4 is 0 Å². The second kappa shape index (κ2) is 5.59. The Bertz CT molecular complexity index is 638. The van der Waals surface area contributed by atoms with Crippen molar-refractivity contribution in [2.75, 3.05) is 0 Å². The normalized spacial score (nSPS) is 48.8. The number of rotatable bonds is 1. The van der Waals surface area contributed by atoms with Gasteiger partial charge in [-0.3, -0.25) is 4.79 Å². The fraction of sp³-hybridized carbons (Fsp3) is 0.810. The minimum absolute atomic E-state index is 0.0180. The monoisotopic (exact) mass is 346 g/mol. The summed E-state index contributed by atoms with van der Waals surface area (Å²) < 4.78 is 5.31. The fourth-order valence-corrected chi connectivity index (χ4v) is 7.17. The smallest absolute Gasteiger partial charge is 0.450 e. The summed E-state index contributed by atoms with van der Waals surface area (Å²) in [5.41, 5.74) is 1.53. The third-order valence-electron chi connectivity index (χ3n) is 8.47. The van der Waals surface area contributed by atoms with E-state index in [0.717, 1.165) is 38.5 Å². The highest BCUT2D eigenvalue weighted by atomic mass is 16.7. The first-order valence-corrected chi connectivity index (χ1v) is 9.89. The Morgan fingerprint density at radius 3 is 2.68 bits per heavy atom. The zero-order valence-electron chi connectivity index (χ0n) is 15.6. The molecule has 0 aromatic heterocycles. The maximum absolute atomic E-state index is 12.0. The molecule has 3 fully saturated rings. The molecule has 4 rings (SSSR count). The van der Waals surface area contributed by atoms with Crippen molar-refractivity contribution < 1.29 is 19.4 Å². The maximum atomic E-state index is 12.0. The second-order valence-electron chi connectivity index (χ2n) is 9.52.